The molecule has 6 heteroatoms. The minimum atomic E-state index is -0.380. The molecular weight excluding hydrogens is 346 g/mol. The van der Waals surface area contributed by atoms with Gasteiger partial charge in [-0.25, -0.2) is 0 Å². The van der Waals surface area contributed by atoms with Crippen molar-refractivity contribution in [1.29, 1.82) is 5.26 Å². The monoisotopic (exact) mass is 369 g/mol. The van der Waals surface area contributed by atoms with Crippen molar-refractivity contribution in [3.05, 3.63) is 35.4 Å². The zero-order chi connectivity index (χ0) is 18.1. The third-order valence-corrected chi connectivity index (χ3v) is 6.84. The van der Waals surface area contributed by atoms with Gasteiger partial charge in [-0.05, 0) is 43.2 Å². The average Bonchev–Trinajstić information content (AvgIpc) is 3.35. The third-order valence-electron chi connectivity index (χ3n) is 5.83. The van der Waals surface area contributed by atoms with E-state index in [-0.39, 0.29) is 29.8 Å². The van der Waals surface area contributed by atoms with Gasteiger partial charge in [0.05, 0.1) is 11.9 Å². The highest BCUT2D eigenvalue weighted by Gasteiger charge is 2.42. The zero-order valence-electron chi connectivity index (χ0n) is 14.8. The van der Waals surface area contributed by atoms with Crippen LogP contribution in [0.4, 0.5) is 0 Å². The molecule has 0 spiro atoms. The van der Waals surface area contributed by atoms with E-state index in [1.165, 1.54) is 11.1 Å². The fraction of sp³-hybridized carbons (Fsp3) is 0.550. The summed E-state index contributed by atoms with van der Waals surface area (Å²) in [7, 11) is 0. The molecule has 0 aromatic heterocycles. The molecule has 1 aromatic rings. The van der Waals surface area contributed by atoms with Gasteiger partial charge in [0, 0.05) is 18.2 Å². The summed E-state index contributed by atoms with van der Waals surface area (Å²) in [5, 5.41) is 9.26. The fourth-order valence-corrected chi connectivity index (χ4v) is 5.48. The summed E-state index contributed by atoms with van der Waals surface area (Å²) in [5.41, 5.74) is 2.61. The molecule has 0 saturated carbocycles. The second-order valence-corrected chi connectivity index (χ2v) is 8.35. The number of likely N-dealkylation sites (tertiary alicyclic amines) is 1. The Morgan fingerprint density at radius 3 is 2.73 bits per heavy atom. The highest BCUT2D eigenvalue weighted by Crippen LogP contribution is 2.31. The molecule has 3 aliphatic rings. The number of fused-ring (bicyclic) bond motifs is 1. The molecule has 2 fully saturated rings. The maximum Gasteiger partial charge on any atom is 0.247 e. The number of rotatable bonds is 2. The maximum atomic E-state index is 13.2. The summed E-state index contributed by atoms with van der Waals surface area (Å²) < 4.78 is 0. The molecule has 26 heavy (non-hydrogen) atoms. The van der Waals surface area contributed by atoms with Crippen LogP contribution in [0.5, 0.6) is 0 Å². The highest BCUT2D eigenvalue weighted by atomic mass is 32.2. The van der Waals surface area contributed by atoms with Crippen LogP contribution in [0.3, 0.4) is 0 Å². The first-order valence-corrected chi connectivity index (χ1v) is 10.5. The van der Waals surface area contributed by atoms with E-state index in [0.717, 1.165) is 25.7 Å². The molecular formula is C20H23N3O2S. The molecule has 0 unspecified atom stereocenters. The molecule has 2 heterocycles. The van der Waals surface area contributed by atoms with Crippen LogP contribution in [-0.2, 0) is 22.4 Å². The number of aryl methyl sites for hydroxylation is 1. The van der Waals surface area contributed by atoms with E-state index in [2.05, 4.69) is 24.3 Å². The predicted octanol–water partition coefficient (Wildman–Crippen LogP) is 2.21. The lowest BCUT2D eigenvalue weighted by molar-refractivity contribution is -0.146. The second-order valence-electron chi connectivity index (χ2n) is 7.35. The van der Waals surface area contributed by atoms with Crippen LogP contribution in [0.15, 0.2) is 24.3 Å². The Hall–Kier alpha value is -2.00. The number of nitrogens with zero attached hydrogens (tertiary/aromatic N) is 3. The molecule has 5 nitrogen and oxygen atoms in total. The van der Waals surface area contributed by atoms with E-state index in [1.807, 2.05) is 6.07 Å². The van der Waals surface area contributed by atoms with Crippen LogP contribution < -0.4 is 0 Å². The lowest BCUT2D eigenvalue weighted by Crippen LogP contribution is -2.51. The Labute approximate surface area is 158 Å². The SMILES string of the molecule is N#C[C@@H]1CSCN1C(=O)[C@H]1CCCN1C(=O)[C@@H]1CCc2ccccc2C1. The van der Waals surface area contributed by atoms with Gasteiger partial charge in [-0.15, -0.1) is 11.8 Å². The number of carbonyl (C=O) groups excluding carboxylic acids is 2. The number of hydrogen-bond donors (Lipinski definition) is 0. The summed E-state index contributed by atoms with van der Waals surface area (Å²) in [6.45, 7) is 0.658. The van der Waals surface area contributed by atoms with Gasteiger partial charge in [0.25, 0.3) is 0 Å². The quantitative estimate of drug-likeness (QED) is 0.802. The molecule has 1 aromatic carbocycles. The van der Waals surface area contributed by atoms with Gasteiger partial charge in [-0.1, -0.05) is 24.3 Å². The van der Waals surface area contributed by atoms with Gasteiger partial charge in [0.2, 0.25) is 11.8 Å². The van der Waals surface area contributed by atoms with Crippen LogP contribution in [0.2, 0.25) is 0 Å². The molecule has 2 aliphatic heterocycles. The van der Waals surface area contributed by atoms with Crippen molar-refractivity contribution < 1.29 is 9.59 Å². The van der Waals surface area contributed by atoms with E-state index in [0.29, 0.717) is 24.6 Å². The standard InChI is InChI=1S/C20H23N3O2S/c21-11-17-12-26-13-23(17)20(25)18-6-3-9-22(18)19(24)16-8-7-14-4-1-2-5-15(14)10-16/h1-2,4-5,16-18H,3,6-10,12-13H2/t16-,17-,18-/m1/s1. The summed E-state index contributed by atoms with van der Waals surface area (Å²) >= 11 is 1.61. The van der Waals surface area contributed by atoms with Gasteiger partial charge >= 0.3 is 0 Å². The Balaban J connectivity index is 1.47. The van der Waals surface area contributed by atoms with E-state index < -0.39 is 0 Å². The third kappa shape index (κ3) is 3.09. The molecule has 2 saturated heterocycles. The normalized spacial score (nSPS) is 27.9. The largest absolute Gasteiger partial charge is 0.330 e. The van der Waals surface area contributed by atoms with Crippen LogP contribution in [0.1, 0.15) is 30.4 Å². The molecule has 0 N–H and O–H groups in total. The molecule has 4 rings (SSSR count). The first kappa shape index (κ1) is 17.4. The molecule has 0 radical (unpaired) electrons. The number of hydrogen-bond acceptors (Lipinski definition) is 4. The molecule has 1 aliphatic carbocycles. The molecule has 3 atom stereocenters. The zero-order valence-corrected chi connectivity index (χ0v) is 15.6. The van der Waals surface area contributed by atoms with Crippen molar-refractivity contribution in [2.24, 2.45) is 5.92 Å². The smallest absolute Gasteiger partial charge is 0.247 e. The van der Waals surface area contributed by atoms with Crippen molar-refractivity contribution in [3.63, 3.8) is 0 Å². The number of benzene rings is 1. The maximum absolute atomic E-state index is 13.2. The predicted molar refractivity (Wildman–Crippen MR) is 100 cm³/mol. The second kappa shape index (κ2) is 7.32. The van der Waals surface area contributed by atoms with Crippen LogP contribution >= 0.6 is 11.8 Å². The highest BCUT2D eigenvalue weighted by molar-refractivity contribution is 7.99. The van der Waals surface area contributed by atoms with Gasteiger partial charge in [0.15, 0.2) is 0 Å². The summed E-state index contributed by atoms with van der Waals surface area (Å²) in [5.74, 6) is 1.28. The van der Waals surface area contributed by atoms with Crippen molar-refractivity contribution in [3.8, 4) is 6.07 Å². The van der Waals surface area contributed by atoms with Gasteiger partial charge < -0.3 is 9.80 Å². The first-order chi connectivity index (χ1) is 12.7. The lowest BCUT2D eigenvalue weighted by Gasteiger charge is -2.33. The Morgan fingerprint density at radius 1 is 1.12 bits per heavy atom. The molecule has 0 bridgehead atoms. The van der Waals surface area contributed by atoms with E-state index in [4.69, 9.17) is 0 Å². The lowest BCUT2D eigenvalue weighted by atomic mass is 9.83. The Kier molecular flexibility index (Phi) is 4.90. The van der Waals surface area contributed by atoms with Gasteiger partial charge in [0.1, 0.15) is 12.1 Å². The Bertz CT molecular complexity index is 760. The number of nitriles is 1. The van der Waals surface area contributed by atoms with E-state index in [1.54, 1.807) is 21.6 Å². The van der Waals surface area contributed by atoms with Crippen molar-refractivity contribution in [2.75, 3.05) is 18.2 Å². The number of carbonyl (C=O) groups is 2. The summed E-state index contributed by atoms with van der Waals surface area (Å²) in [6.07, 6.45) is 4.13. The van der Waals surface area contributed by atoms with Gasteiger partial charge in [-0.2, -0.15) is 5.26 Å². The van der Waals surface area contributed by atoms with Crippen LogP contribution in [0.25, 0.3) is 0 Å². The van der Waals surface area contributed by atoms with Crippen LogP contribution in [0, 0.1) is 17.2 Å². The van der Waals surface area contributed by atoms with E-state index in [9.17, 15) is 14.9 Å². The molecule has 136 valence electrons. The average molecular weight is 369 g/mol. The number of amides is 2. The number of thioether (sulfide) groups is 1. The summed E-state index contributed by atoms with van der Waals surface area (Å²) in [6, 6.07) is 9.82. The Morgan fingerprint density at radius 2 is 1.92 bits per heavy atom. The van der Waals surface area contributed by atoms with Crippen molar-refractivity contribution in [1.82, 2.24) is 9.80 Å². The molecule has 2 amide bonds. The minimum absolute atomic E-state index is 0.0296. The van der Waals surface area contributed by atoms with Crippen molar-refractivity contribution >= 4 is 23.6 Å². The minimum Gasteiger partial charge on any atom is -0.330 e. The topological polar surface area (TPSA) is 64.4 Å². The van der Waals surface area contributed by atoms with Crippen molar-refractivity contribution in [2.45, 2.75) is 44.2 Å². The van der Waals surface area contributed by atoms with E-state index >= 15 is 0 Å². The first-order valence-electron chi connectivity index (χ1n) is 9.34. The summed E-state index contributed by atoms with van der Waals surface area (Å²) in [4.78, 5) is 29.6. The fourth-order valence-electron chi connectivity index (χ4n) is 4.39. The van der Waals surface area contributed by atoms with Crippen LogP contribution in [-0.4, -0.2) is 51.9 Å². The van der Waals surface area contributed by atoms with Gasteiger partial charge in [-0.3, -0.25) is 9.59 Å².